The minimum absolute atomic E-state index is 0.0215. The molecule has 0 radical (unpaired) electrons. The van der Waals surface area contributed by atoms with E-state index >= 15 is 0 Å². The van der Waals surface area contributed by atoms with Gasteiger partial charge in [-0.2, -0.15) is 4.89 Å². The first-order chi connectivity index (χ1) is 5.61. The van der Waals surface area contributed by atoms with Crippen LogP contribution in [0.2, 0.25) is 0 Å². The van der Waals surface area contributed by atoms with E-state index in [1.54, 1.807) is 4.90 Å². The molecule has 5 nitrogen and oxygen atoms in total. The summed E-state index contributed by atoms with van der Waals surface area (Å²) in [5.74, 6) is -0.899. The van der Waals surface area contributed by atoms with Gasteiger partial charge in [0, 0.05) is 6.54 Å². The minimum Gasteiger partial charge on any atom is -0.480 e. The van der Waals surface area contributed by atoms with Gasteiger partial charge in [-0.1, -0.05) is 0 Å². The zero-order valence-electron chi connectivity index (χ0n) is 6.51. The van der Waals surface area contributed by atoms with Crippen LogP contribution in [0.4, 0.5) is 0 Å². The summed E-state index contributed by atoms with van der Waals surface area (Å²) in [6.45, 7) is 0.610. The van der Waals surface area contributed by atoms with Gasteiger partial charge in [0.05, 0.1) is 0 Å². The normalized spacial score (nSPS) is 25.8. The number of hydrogen-bond acceptors (Lipinski definition) is 3. The van der Waals surface area contributed by atoms with Crippen molar-refractivity contribution in [2.45, 2.75) is 18.9 Å². The van der Waals surface area contributed by atoms with E-state index in [0.29, 0.717) is 13.0 Å². The third-order valence-electron chi connectivity index (χ3n) is 1.95. The van der Waals surface area contributed by atoms with Gasteiger partial charge in [0.2, 0.25) is 6.29 Å². The quantitative estimate of drug-likeness (QED) is 0.625. The van der Waals surface area contributed by atoms with Crippen LogP contribution < -0.4 is 0 Å². The van der Waals surface area contributed by atoms with Gasteiger partial charge in [0.15, 0.2) is 0 Å². The zero-order valence-corrected chi connectivity index (χ0v) is 7.41. The summed E-state index contributed by atoms with van der Waals surface area (Å²) in [7, 11) is -2.25. The van der Waals surface area contributed by atoms with Crippen molar-refractivity contribution >= 4 is 14.0 Å². The molecule has 1 heterocycles. The van der Waals surface area contributed by atoms with E-state index in [4.69, 9.17) is 10.00 Å². The second-order valence-electron chi connectivity index (χ2n) is 2.80. The molecule has 1 unspecified atom stereocenters. The van der Waals surface area contributed by atoms with Crippen LogP contribution >= 0.6 is 8.03 Å². The van der Waals surface area contributed by atoms with Gasteiger partial charge in [0.1, 0.15) is 6.04 Å². The predicted molar refractivity (Wildman–Crippen MR) is 42.1 cm³/mol. The van der Waals surface area contributed by atoms with Crippen molar-refractivity contribution in [2.75, 3.05) is 12.8 Å². The van der Waals surface area contributed by atoms with Gasteiger partial charge in [-0.05, 0) is 17.4 Å². The third kappa shape index (κ3) is 2.24. The van der Waals surface area contributed by atoms with E-state index in [9.17, 15) is 9.36 Å². The number of nitrogens with zero attached hydrogens (tertiary/aromatic N) is 1. The molecule has 1 aliphatic heterocycles. The summed E-state index contributed by atoms with van der Waals surface area (Å²) < 4.78 is 10.4. The molecule has 1 aliphatic rings. The number of carboxylic acid groups (broad SMARTS) is 1. The van der Waals surface area contributed by atoms with Crippen LogP contribution in [0.1, 0.15) is 12.8 Å². The highest BCUT2D eigenvalue weighted by atomic mass is 31.1. The largest absolute Gasteiger partial charge is 0.521 e. The smallest absolute Gasteiger partial charge is 0.480 e. The molecule has 0 bridgehead atoms. The molecule has 68 valence electrons. The summed E-state index contributed by atoms with van der Waals surface area (Å²) in [6, 6.07) is -0.559. The topological polar surface area (TPSA) is 77.8 Å². The van der Waals surface area contributed by atoms with Crippen LogP contribution in [-0.4, -0.2) is 39.7 Å². The lowest BCUT2D eigenvalue weighted by Crippen LogP contribution is -2.35. The average molecular weight is 192 g/mol. The number of carboxylic acids is 1. The van der Waals surface area contributed by atoms with Crippen molar-refractivity contribution in [3.63, 3.8) is 0 Å². The van der Waals surface area contributed by atoms with Crippen LogP contribution in [0.25, 0.3) is 0 Å². The Morgan fingerprint density at radius 3 is 2.83 bits per heavy atom. The van der Waals surface area contributed by atoms with Crippen molar-refractivity contribution in [1.29, 1.82) is 0 Å². The van der Waals surface area contributed by atoms with Gasteiger partial charge < -0.3 is 5.11 Å². The van der Waals surface area contributed by atoms with Crippen molar-refractivity contribution in [3.05, 3.63) is 0 Å². The molecule has 0 aromatic heterocycles. The van der Waals surface area contributed by atoms with E-state index in [2.05, 4.69) is 0 Å². The molecule has 0 aromatic rings. The lowest BCUT2D eigenvalue weighted by molar-refractivity contribution is -0.141. The highest BCUT2D eigenvalue weighted by Gasteiger charge is 2.34. The van der Waals surface area contributed by atoms with Crippen LogP contribution in [0.5, 0.6) is 0 Å². The first-order valence-electron chi connectivity index (χ1n) is 3.71. The maximum absolute atomic E-state index is 10.6. The Bertz CT molecular complexity index is 208. The fourth-order valence-electron chi connectivity index (χ4n) is 1.43. The molecule has 0 aromatic carbocycles. The number of likely N-dealkylation sites (tertiary alicyclic amines) is 1. The second kappa shape index (κ2) is 3.94. The molecule has 0 saturated carbocycles. The van der Waals surface area contributed by atoms with Gasteiger partial charge in [-0.15, -0.1) is 0 Å². The van der Waals surface area contributed by atoms with E-state index in [1.807, 2.05) is 0 Å². The number of hydrogen-bond donors (Lipinski definition) is 2. The molecule has 0 spiro atoms. The number of rotatable bonds is 3. The Hall–Kier alpha value is -0.510. The number of aliphatic carboxylic acids is 1. The first-order valence-corrected chi connectivity index (χ1v) is 5.11. The van der Waals surface area contributed by atoms with Crippen molar-refractivity contribution in [3.8, 4) is 0 Å². The molecule has 0 amide bonds. The fraction of sp³-hybridized carbons (Fsp3) is 0.833. The third-order valence-corrected chi connectivity index (χ3v) is 2.56. The monoisotopic (exact) mass is 192 g/mol. The van der Waals surface area contributed by atoms with Crippen LogP contribution in [-0.2, 0) is 9.36 Å². The fourth-order valence-corrected chi connectivity index (χ4v) is 2.08. The molecule has 2 N–H and O–H groups in total. The van der Waals surface area contributed by atoms with Crippen molar-refractivity contribution in [2.24, 2.45) is 0 Å². The molecule has 6 heteroatoms. The molecular weight excluding hydrogens is 181 g/mol. The average Bonchev–Trinajstić information content (AvgIpc) is 2.33. The van der Waals surface area contributed by atoms with E-state index in [-0.39, 0.29) is 6.29 Å². The van der Waals surface area contributed by atoms with E-state index in [1.165, 1.54) is 0 Å². The van der Waals surface area contributed by atoms with Gasteiger partial charge >= 0.3 is 14.0 Å². The Kier molecular flexibility index (Phi) is 3.14. The van der Waals surface area contributed by atoms with Gasteiger partial charge in [-0.3, -0.25) is 4.79 Å². The summed E-state index contributed by atoms with van der Waals surface area (Å²) >= 11 is 0. The van der Waals surface area contributed by atoms with Crippen LogP contribution in [0.15, 0.2) is 0 Å². The van der Waals surface area contributed by atoms with E-state index in [0.717, 1.165) is 6.42 Å². The summed E-state index contributed by atoms with van der Waals surface area (Å²) in [5, 5.41) is 8.68. The van der Waals surface area contributed by atoms with Crippen LogP contribution in [0.3, 0.4) is 0 Å². The predicted octanol–water partition coefficient (Wildman–Crippen LogP) is 0.228. The van der Waals surface area contributed by atoms with E-state index < -0.39 is 20.0 Å². The Balaban J connectivity index is 2.52. The second-order valence-corrected chi connectivity index (χ2v) is 3.79. The summed E-state index contributed by atoms with van der Waals surface area (Å²) in [6.07, 6.45) is 1.35. The van der Waals surface area contributed by atoms with Crippen molar-refractivity contribution in [1.82, 2.24) is 4.90 Å². The highest BCUT2D eigenvalue weighted by molar-refractivity contribution is 7.37. The van der Waals surface area contributed by atoms with Gasteiger partial charge in [0.25, 0.3) is 0 Å². The summed E-state index contributed by atoms with van der Waals surface area (Å²) in [4.78, 5) is 20.7. The van der Waals surface area contributed by atoms with Crippen LogP contribution in [0, 0.1) is 0 Å². The highest BCUT2D eigenvalue weighted by Crippen LogP contribution is 2.24. The Morgan fingerprint density at radius 2 is 2.33 bits per heavy atom. The number of carbonyl (C=O) groups is 1. The first kappa shape index (κ1) is 9.58. The zero-order chi connectivity index (χ0) is 9.14. The summed E-state index contributed by atoms with van der Waals surface area (Å²) in [5.41, 5.74) is 0. The maximum Gasteiger partial charge on any atom is 0.521 e. The molecule has 2 atom stereocenters. The molecular formula is C6H11NO4P+. The maximum atomic E-state index is 10.6. The molecule has 1 saturated heterocycles. The lowest BCUT2D eigenvalue weighted by atomic mass is 10.2. The van der Waals surface area contributed by atoms with Crippen molar-refractivity contribution < 1.29 is 19.4 Å². The molecule has 1 rings (SSSR count). The lowest BCUT2D eigenvalue weighted by Gasteiger charge is -2.13. The molecule has 12 heavy (non-hydrogen) atoms. The Labute approximate surface area is 70.9 Å². The Morgan fingerprint density at radius 1 is 1.67 bits per heavy atom. The molecule has 0 aliphatic carbocycles. The molecule has 1 fully saturated rings. The van der Waals surface area contributed by atoms with Gasteiger partial charge in [-0.25, -0.2) is 4.90 Å². The standard InChI is InChI=1S/C6H10NO4P/c8-6(9)5-2-1-3-7(5)4-12(10)11/h5H,1-4H2,(H-,8,9,10,11)/p+1/t5-/m0/s1. The minimum atomic E-state index is -2.25. The SMILES string of the molecule is O=C(O)[C@@H]1CCCN1C[P+](=O)O.